The average molecular weight is 295 g/mol. The zero-order valence-corrected chi connectivity index (χ0v) is 12.2. The van der Waals surface area contributed by atoms with Gasteiger partial charge >= 0.3 is 5.88 Å². The number of nitrogens with one attached hydrogen (secondary N) is 1. The van der Waals surface area contributed by atoms with E-state index < -0.39 is 4.92 Å². The van der Waals surface area contributed by atoms with Crippen molar-refractivity contribution in [3.05, 3.63) is 50.4 Å². The van der Waals surface area contributed by atoms with Gasteiger partial charge in [0.2, 0.25) is 0 Å². The van der Waals surface area contributed by atoms with Crippen molar-refractivity contribution >= 4 is 17.2 Å². The van der Waals surface area contributed by atoms with Gasteiger partial charge in [0.1, 0.15) is 10.7 Å². The van der Waals surface area contributed by atoms with E-state index >= 15 is 0 Å². The van der Waals surface area contributed by atoms with Crippen LogP contribution in [0.3, 0.4) is 0 Å². The van der Waals surface area contributed by atoms with Crippen molar-refractivity contribution in [2.24, 2.45) is 0 Å². The smallest absolute Gasteiger partial charge is 0.404 e. The molecule has 0 aromatic carbocycles. The molecule has 1 N–H and O–H groups in total. The van der Waals surface area contributed by atoms with Crippen LogP contribution in [0.1, 0.15) is 16.7 Å². The van der Waals surface area contributed by atoms with Crippen LogP contribution >= 0.6 is 11.3 Å². The molecule has 0 spiro atoms. The molecule has 2 aromatic heterocycles. The molecule has 20 heavy (non-hydrogen) atoms. The minimum Gasteiger partial charge on any atom is -0.404 e. The zero-order valence-electron chi connectivity index (χ0n) is 11.4. The Labute approximate surface area is 121 Å². The Morgan fingerprint density at radius 2 is 2.25 bits per heavy atom. The molecule has 2 aromatic rings. The largest absolute Gasteiger partial charge is 0.433 e. The Kier molecular flexibility index (Phi) is 4.89. The minimum absolute atomic E-state index is 0.218. The third-order valence-electron chi connectivity index (χ3n) is 2.96. The second-order valence-electron chi connectivity index (χ2n) is 4.62. The van der Waals surface area contributed by atoms with E-state index in [2.05, 4.69) is 21.7 Å². The lowest BCUT2D eigenvalue weighted by molar-refractivity contribution is -0.402. The molecule has 1 atom stereocenters. The fourth-order valence-electron chi connectivity index (χ4n) is 1.91. The van der Waals surface area contributed by atoms with Crippen LogP contribution in [0, 0.1) is 10.1 Å². The van der Waals surface area contributed by atoms with E-state index in [-0.39, 0.29) is 11.9 Å². The first-order valence-corrected chi connectivity index (χ1v) is 7.09. The van der Waals surface area contributed by atoms with Gasteiger partial charge in [0.15, 0.2) is 0 Å². The maximum absolute atomic E-state index is 10.5. The maximum atomic E-state index is 10.5. The van der Waals surface area contributed by atoms with Crippen LogP contribution < -0.4 is 5.32 Å². The van der Waals surface area contributed by atoms with Crippen LogP contribution in [-0.2, 0) is 6.54 Å². The number of likely N-dealkylation sites (N-methyl/N-ethyl adjacent to an activating group) is 1. The van der Waals surface area contributed by atoms with Gasteiger partial charge in [-0.3, -0.25) is 10.1 Å². The summed E-state index contributed by atoms with van der Waals surface area (Å²) in [5.41, 5.74) is 0. The lowest BCUT2D eigenvalue weighted by Gasteiger charge is -2.23. The lowest BCUT2D eigenvalue weighted by atomic mass is 10.2. The minimum atomic E-state index is -0.530. The Morgan fingerprint density at radius 3 is 2.80 bits per heavy atom. The molecule has 0 aliphatic rings. The highest BCUT2D eigenvalue weighted by molar-refractivity contribution is 7.10. The third kappa shape index (κ3) is 3.66. The summed E-state index contributed by atoms with van der Waals surface area (Å²) in [5, 5.41) is 15.9. The van der Waals surface area contributed by atoms with Gasteiger partial charge < -0.3 is 14.6 Å². The van der Waals surface area contributed by atoms with Crippen molar-refractivity contribution in [1.82, 2.24) is 10.2 Å². The standard InChI is InChI=1S/C13H17N3O3S/c1-15(2)11(12-4-3-7-20-12)9-14-8-10-5-6-13(19-10)16(17)18/h3-7,11,14H,8-9H2,1-2H3. The van der Waals surface area contributed by atoms with Crippen molar-refractivity contribution in [2.45, 2.75) is 12.6 Å². The van der Waals surface area contributed by atoms with E-state index in [1.54, 1.807) is 17.4 Å². The average Bonchev–Trinajstić information content (AvgIpc) is 3.05. The molecule has 0 aliphatic carbocycles. The third-order valence-corrected chi connectivity index (χ3v) is 3.93. The van der Waals surface area contributed by atoms with Crippen LogP contribution in [0.4, 0.5) is 5.88 Å². The Balaban J connectivity index is 1.88. The number of hydrogen-bond donors (Lipinski definition) is 1. The zero-order chi connectivity index (χ0) is 14.5. The van der Waals surface area contributed by atoms with Crippen LogP contribution in [-0.4, -0.2) is 30.5 Å². The van der Waals surface area contributed by atoms with Gasteiger partial charge in [0.25, 0.3) is 0 Å². The number of hydrogen-bond acceptors (Lipinski definition) is 6. The van der Waals surface area contributed by atoms with Gasteiger partial charge in [-0.15, -0.1) is 11.3 Å². The summed E-state index contributed by atoms with van der Waals surface area (Å²) in [7, 11) is 4.06. The first-order valence-electron chi connectivity index (χ1n) is 6.21. The summed E-state index contributed by atoms with van der Waals surface area (Å²) in [6, 6.07) is 7.42. The van der Waals surface area contributed by atoms with E-state index in [1.807, 2.05) is 20.2 Å². The second kappa shape index (κ2) is 6.65. The SMILES string of the molecule is CN(C)C(CNCc1ccc([N+](=O)[O-])o1)c1cccs1. The quantitative estimate of drug-likeness (QED) is 0.628. The van der Waals surface area contributed by atoms with E-state index in [0.717, 1.165) is 6.54 Å². The van der Waals surface area contributed by atoms with Crippen LogP contribution in [0.25, 0.3) is 0 Å². The topological polar surface area (TPSA) is 71.5 Å². The summed E-state index contributed by atoms with van der Waals surface area (Å²) >= 11 is 1.72. The van der Waals surface area contributed by atoms with Gasteiger partial charge in [0, 0.05) is 11.4 Å². The van der Waals surface area contributed by atoms with Crippen molar-refractivity contribution in [3.63, 3.8) is 0 Å². The number of nitro groups is 1. The normalized spacial score (nSPS) is 12.8. The molecule has 2 heterocycles. The van der Waals surface area contributed by atoms with Crippen LogP contribution in [0.15, 0.2) is 34.1 Å². The molecular weight excluding hydrogens is 278 g/mol. The van der Waals surface area contributed by atoms with Gasteiger partial charge in [0.05, 0.1) is 18.7 Å². The molecule has 0 radical (unpaired) electrons. The summed E-state index contributed by atoms with van der Waals surface area (Å²) in [6.45, 7) is 1.23. The molecule has 108 valence electrons. The molecule has 0 amide bonds. The highest BCUT2D eigenvalue weighted by atomic mass is 32.1. The van der Waals surface area contributed by atoms with Crippen molar-refractivity contribution in [2.75, 3.05) is 20.6 Å². The molecule has 2 rings (SSSR count). The lowest BCUT2D eigenvalue weighted by Crippen LogP contribution is -2.30. The second-order valence-corrected chi connectivity index (χ2v) is 5.60. The molecule has 7 heteroatoms. The fraction of sp³-hybridized carbons (Fsp3) is 0.385. The van der Waals surface area contributed by atoms with Gasteiger partial charge in [-0.2, -0.15) is 0 Å². The van der Waals surface area contributed by atoms with E-state index in [9.17, 15) is 10.1 Å². The number of rotatable bonds is 7. The molecule has 0 bridgehead atoms. The maximum Gasteiger partial charge on any atom is 0.433 e. The predicted octanol–water partition coefficient (Wildman–Crippen LogP) is 2.64. The summed E-state index contributed by atoms with van der Waals surface area (Å²) in [6.07, 6.45) is 0. The monoisotopic (exact) mass is 295 g/mol. The predicted molar refractivity (Wildman–Crippen MR) is 77.8 cm³/mol. The highest BCUT2D eigenvalue weighted by Gasteiger charge is 2.16. The number of thiophene rings is 1. The van der Waals surface area contributed by atoms with Gasteiger partial charge in [-0.05, 0) is 31.6 Å². The van der Waals surface area contributed by atoms with Crippen molar-refractivity contribution < 1.29 is 9.34 Å². The molecule has 6 nitrogen and oxygen atoms in total. The Bertz CT molecular complexity index is 551. The molecule has 0 aliphatic heterocycles. The summed E-state index contributed by atoms with van der Waals surface area (Å²) in [5.74, 6) is 0.351. The molecule has 1 unspecified atom stereocenters. The summed E-state index contributed by atoms with van der Waals surface area (Å²) < 4.78 is 5.11. The fourth-order valence-corrected chi connectivity index (χ4v) is 2.83. The van der Waals surface area contributed by atoms with E-state index in [1.165, 1.54) is 10.9 Å². The van der Waals surface area contributed by atoms with Crippen molar-refractivity contribution in [1.29, 1.82) is 0 Å². The molecule has 0 fully saturated rings. The number of furan rings is 1. The highest BCUT2D eigenvalue weighted by Crippen LogP contribution is 2.22. The van der Waals surface area contributed by atoms with Gasteiger partial charge in [-0.1, -0.05) is 6.07 Å². The molecule has 0 saturated carbocycles. The van der Waals surface area contributed by atoms with E-state index in [0.29, 0.717) is 12.3 Å². The van der Waals surface area contributed by atoms with Crippen LogP contribution in [0.5, 0.6) is 0 Å². The molecular formula is C13H17N3O3S. The Hall–Kier alpha value is -1.70. The van der Waals surface area contributed by atoms with E-state index in [4.69, 9.17) is 4.42 Å². The first-order chi connectivity index (χ1) is 9.58. The summed E-state index contributed by atoms with van der Waals surface area (Å²) in [4.78, 5) is 13.4. The molecule has 0 saturated heterocycles. The van der Waals surface area contributed by atoms with Crippen molar-refractivity contribution in [3.8, 4) is 0 Å². The Morgan fingerprint density at radius 1 is 1.45 bits per heavy atom. The van der Waals surface area contributed by atoms with Gasteiger partial charge in [-0.25, -0.2) is 0 Å². The van der Waals surface area contributed by atoms with Crippen LogP contribution in [0.2, 0.25) is 0 Å². The number of nitrogens with zero attached hydrogens (tertiary/aromatic N) is 2. The first kappa shape index (κ1) is 14.7.